The van der Waals surface area contributed by atoms with Gasteiger partial charge < -0.3 is 10.0 Å². The van der Waals surface area contributed by atoms with Gasteiger partial charge in [-0.3, -0.25) is 0 Å². The van der Waals surface area contributed by atoms with Crippen LogP contribution in [0.2, 0.25) is 0 Å². The third kappa shape index (κ3) is 2.68. The van der Waals surface area contributed by atoms with Crippen LogP contribution in [0.15, 0.2) is 35.7 Å². The van der Waals surface area contributed by atoms with Crippen molar-refractivity contribution >= 4 is 23.0 Å². The monoisotopic (exact) mass is 265 g/mol. The Labute approximate surface area is 108 Å². The minimum atomic E-state index is -0.923. The first-order chi connectivity index (χ1) is 8.58. The van der Waals surface area contributed by atoms with Gasteiger partial charge in [-0.25, -0.2) is 9.18 Å². The Morgan fingerprint density at radius 1 is 1.44 bits per heavy atom. The fourth-order valence-electron chi connectivity index (χ4n) is 1.71. The summed E-state index contributed by atoms with van der Waals surface area (Å²) >= 11 is 1.20. The van der Waals surface area contributed by atoms with E-state index in [1.54, 1.807) is 30.6 Å². The van der Waals surface area contributed by atoms with Gasteiger partial charge in [0.15, 0.2) is 0 Å². The van der Waals surface area contributed by atoms with Crippen molar-refractivity contribution in [1.82, 2.24) is 0 Å². The van der Waals surface area contributed by atoms with Gasteiger partial charge in [0, 0.05) is 19.3 Å². The zero-order chi connectivity index (χ0) is 13.1. The molecule has 0 unspecified atom stereocenters. The van der Waals surface area contributed by atoms with Crippen LogP contribution in [0, 0.1) is 5.82 Å². The van der Waals surface area contributed by atoms with E-state index in [-0.39, 0.29) is 5.82 Å². The van der Waals surface area contributed by atoms with E-state index in [9.17, 15) is 9.18 Å². The van der Waals surface area contributed by atoms with E-state index in [0.29, 0.717) is 11.4 Å². The quantitative estimate of drug-likeness (QED) is 0.922. The highest BCUT2D eigenvalue weighted by molar-refractivity contribution is 7.12. The van der Waals surface area contributed by atoms with Gasteiger partial charge in [0.05, 0.1) is 0 Å². The number of rotatable bonds is 4. The topological polar surface area (TPSA) is 40.5 Å². The lowest BCUT2D eigenvalue weighted by atomic mass is 10.2. The average molecular weight is 265 g/mol. The summed E-state index contributed by atoms with van der Waals surface area (Å²) in [5.74, 6) is -1.23. The molecule has 1 heterocycles. The summed E-state index contributed by atoms with van der Waals surface area (Å²) in [4.78, 5) is 13.1. The maximum absolute atomic E-state index is 13.1. The van der Waals surface area contributed by atoms with Crippen LogP contribution in [0.4, 0.5) is 10.1 Å². The summed E-state index contributed by atoms with van der Waals surface area (Å²) in [6.45, 7) is 0.439. The Balaban J connectivity index is 2.18. The first kappa shape index (κ1) is 12.6. The van der Waals surface area contributed by atoms with E-state index >= 15 is 0 Å². The van der Waals surface area contributed by atoms with E-state index < -0.39 is 5.97 Å². The van der Waals surface area contributed by atoms with Gasteiger partial charge in [0.1, 0.15) is 10.7 Å². The highest BCUT2D eigenvalue weighted by atomic mass is 32.1. The lowest BCUT2D eigenvalue weighted by Crippen LogP contribution is -2.17. The molecule has 0 aliphatic rings. The molecule has 1 aromatic carbocycles. The van der Waals surface area contributed by atoms with Crippen molar-refractivity contribution < 1.29 is 14.3 Å². The van der Waals surface area contributed by atoms with E-state index in [1.807, 2.05) is 4.90 Å². The predicted molar refractivity (Wildman–Crippen MR) is 69.8 cm³/mol. The third-order valence-corrected chi connectivity index (χ3v) is 3.54. The van der Waals surface area contributed by atoms with Gasteiger partial charge in [-0.1, -0.05) is 6.07 Å². The number of nitrogens with zero attached hydrogens (tertiary/aromatic N) is 1. The van der Waals surface area contributed by atoms with Gasteiger partial charge in [0.2, 0.25) is 0 Å². The van der Waals surface area contributed by atoms with Gasteiger partial charge in [-0.15, -0.1) is 11.3 Å². The van der Waals surface area contributed by atoms with Crippen molar-refractivity contribution in [3.05, 3.63) is 52.0 Å². The number of benzene rings is 1. The second-order valence-electron chi connectivity index (χ2n) is 3.92. The number of anilines is 1. The van der Waals surface area contributed by atoms with Crippen LogP contribution in [-0.4, -0.2) is 18.1 Å². The number of carboxylic acid groups (broad SMARTS) is 1. The number of halogens is 1. The number of hydrogen-bond donors (Lipinski definition) is 1. The second-order valence-corrected chi connectivity index (χ2v) is 4.83. The summed E-state index contributed by atoms with van der Waals surface area (Å²) in [5.41, 5.74) is 1.46. The molecule has 0 atom stereocenters. The Hall–Kier alpha value is -1.88. The molecule has 0 fully saturated rings. The first-order valence-electron chi connectivity index (χ1n) is 5.34. The Bertz CT molecular complexity index is 568. The molecular weight excluding hydrogens is 253 g/mol. The number of hydrogen-bond acceptors (Lipinski definition) is 3. The minimum absolute atomic E-state index is 0.303. The van der Waals surface area contributed by atoms with Crippen molar-refractivity contribution in [2.75, 3.05) is 11.9 Å². The SMILES string of the molecule is CN(Cc1ccsc1C(=O)O)c1cccc(F)c1. The second kappa shape index (κ2) is 5.18. The van der Waals surface area contributed by atoms with Crippen molar-refractivity contribution in [1.29, 1.82) is 0 Å². The van der Waals surface area contributed by atoms with Crippen LogP contribution in [-0.2, 0) is 6.54 Å². The first-order valence-corrected chi connectivity index (χ1v) is 6.22. The lowest BCUT2D eigenvalue weighted by Gasteiger charge is -2.19. The van der Waals surface area contributed by atoms with Gasteiger partial charge in [0.25, 0.3) is 0 Å². The van der Waals surface area contributed by atoms with E-state index in [4.69, 9.17) is 5.11 Å². The molecule has 5 heteroatoms. The molecule has 3 nitrogen and oxygen atoms in total. The molecule has 0 aliphatic heterocycles. The fourth-order valence-corrected chi connectivity index (χ4v) is 2.46. The van der Waals surface area contributed by atoms with Crippen molar-refractivity contribution in [2.45, 2.75) is 6.54 Å². The molecule has 0 amide bonds. The molecule has 0 radical (unpaired) electrons. The molecule has 2 aromatic rings. The minimum Gasteiger partial charge on any atom is -0.477 e. The van der Waals surface area contributed by atoms with Crippen LogP contribution in [0.25, 0.3) is 0 Å². The normalized spacial score (nSPS) is 10.3. The number of thiophene rings is 1. The molecule has 0 saturated heterocycles. The molecule has 2 rings (SSSR count). The maximum Gasteiger partial charge on any atom is 0.346 e. The summed E-state index contributed by atoms with van der Waals surface area (Å²) in [7, 11) is 1.80. The summed E-state index contributed by atoms with van der Waals surface area (Å²) < 4.78 is 13.1. The summed E-state index contributed by atoms with van der Waals surface area (Å²) in [5, 5.41) is 10.8. The molecule has 1 aromatic heterocycles. The van der Waals surface area contributed by atoms with Crippen LogP contribution in [0.1, 0.15) is 15.2 Å². The van der Waals surface area contributed by atoms with E-state index in [2.05, 4.69) is 0 Å². The summed E-state index contributed by atoms with van der Waals surface area (Å²) in [6, 6.07) is 8.00. The molecule has 18 heavy (non-hydrogen) atoms. The highest BCUT2D eigenvalue weighted by Crippen LogP contribution is 2.21. The van der Waals surface area contributed by atoms with E-state index in [1.165, 1.54) is 23.5 Å². The van der Waals surface area contributed by atoms with Gasteiger partial charge in [-0.05, 0) is 35.2 Å². The molecule has 0 saturated carbocycles. The zero-order valence-corrected chi connectivity index (χ0v) is 10.6. The number of aromatic carboxylic acids is 1. The maximum atomic E-state index is 13.1. The van der Waals surface area contributed by atoms with Gasteiger partial charge >= 0.3 is 5.97 Å². The molecular formula is C13H12FNO2S. The Morgan fingerprint density at radius 3 is 2.89 bits per heavy atom. The van der Waals surface area contributed by atoms with Gasteiger partial charge in [-0.2, -0.15) is 0 Å². The summed E-state index contributed by atoms with van der Waals surface area (Å²) in [6.07, 6.45) is 0. The highest BCUT2D eigenvalue weighted by Gasteiger charge is 2.13. The lowest BCUT2D eigenvalue weighted by molar-refractivity contribution is 0.0701. The molecule has 0 aliphatic carbocycles. The largest absolute Gasteiger partial charge is 0.477 e. The average Bonchev–Trinajstić information content (AvgIpc) is 2.77. The van der Waals surface area contributed by atoms with Crippen LogP contribution < -0.4 is 4.90 Å². The predicted octanol–water partition coefficient (Wildman–Crippen LogP) is 3.22. The van der Waals surface area contributed by atoms with Crippen LogP contribution in [0.3, 0.4) is 0 Å². The zero-order valence-electron chi connectivity index (χ0n) is 9.76. The molecule has 1 N–H and O–H groups in total. The Kier molecular flexibility index (Phi) is 3.62. The standard InChI is InChI=1S/C13H12FNO2S/c1-15(11-4-2-3-10(14)7-11)8-9-5-6-18-12(9)13(16)17/h2-7H,8H2,1H3,(H,16,17). The van der Waals surface area contributed by atoms with Crippen molar-refractivity contribution in [3.63, 3.8) is 0 Å². The van der Waals surface area contributed by atoms with Crippen LogP contribution >= 0.6 is 11.3 Å². The fraction of sp³-hybridized carbons (Fsp3) is 0.154. The van der Waals surface area contributed by atoms with E-state index in [0.717, 1.165) is 11.3 Å². The molecule has 0 spiro atoms. The molecule has 94 valence electrons. The third-order valence-electron chi connectivity index (χ3n) is 2.60. The number of carboxylic acids is 1. The smallest absolute Gasteiger partial charge is 0.346 e. The molecule has 0 bridgehead atoms. The Morgan fingerprint density at radius 2 is 2.22 bits per heavy atom. The van der Waals surface area contributed by atoms with Crippen molar-refractivity contribution in [2.24, 2.45) is 0 Å². The van der Waals surface area contributed by atoms with Crippen molar-refractivity contribution in [3.8, 4) is 0 Å². The van der Waals surface area contributed by atoms with Crippen LogP contribution in [0.5, 0.6) is 0 Å². The number of carbonyl (C=O) groups is 1.